The molecule has 0 aliphatic carbocycles. The van der Waals surface area contributed by atoms with Crippen LogP contribution >= 0.6 is 11.6 Å². The molecular weight excluding hydrogens is 312 g/mol. The van der Waals surface area contributed by atoms with Crippen LogP contribution in [-0.2, 0) is 0 Å². The fourth-order valence-electron chi connectivity index (χ4n) is 2.84. The van der Waals surface area contributed by atoms with Gasteiger partial charge >= 0.3 is 0 Å². The summed E-state index contributed by atoms with van der Waals surface area (Å²) in [6.45, 7) is 3.90. The van der Waals surface area contributed by atoms with Crippen molar-refractivity contribution in [1.29, 1.82) is 0 Å². The number of aldehydes is 1. The predicted octanol–water partition coefficient (Wildman–Crippen LogP) is 3.33. The molecule has 1 fully saturated rings. The average Bonchev–Trinajstić information content (AvgIpc) is 2.57. The summed E-state index contributed by atoms with van der Waals surface area (Å²) in [5, 5.41) is 3.90. The zero-order valence-corrected chi connectivity index (χ0v) is 13.8. The summed E-state index contributed by atoms with van der Waals surface area (Å²) < 4.78 is 0. The Kier molecular flexibility index (Phi) is 4.76. The van der Waals surface area contributed by atoms with E-state index in [1.54, 1.807) is 12.4 Å². The van der Waals surface area contributed by atoms with Crippen molar-refractivity contribution < 1.29 is 4.79 Å². The van der Waals surface area contributed by atoms with Gasteiger partial charge in [0, 0.05) is 30.4 Å². The Labute approximate surface area is 140 Å². The first-order valence-electron chi connectivity index (χ1n) is 7.70. The Balaban J connectivity index is 1.58. The highest BCUT2D eigenvalue weighted by molar-refractivity contribution is 6.30. The summed E-state index contributed by atoms with van der Waals surface area (Å²) in [7, 11) is 0. The molecule has 1 aliphatic heterocycles. The van der Waals surface area contributed by atoms with E-state index < -0.39 is 0 Å². The molecule has 1 N–H and O–H groups in total. The number of anilines is 2. The molecule has 6 heteroatoms. The molecule has 0 spiro atoms. The third-order valence-corrected chi connectivity index (χ3v) is 4.39. The Bertz CT molecular complexity index is 681. The molecule has 1 saturated heterocycles. The second kappa shape index (κ2) is 6.96. The van der Waals surface area contributed by atoms with E-state index in [4.69, 9.17) is 11.6 Å². The summed E-state index contributed by atoms with van der Waals surface area (Å²) in [4.78, 5) is 21.6. The highest BCUT2D eigenvalue weighted by Crippen LogP contribution is 2.23. The Morgan fingerprint density at radius 1 is 1.26 bits per heavy atom. The number of nitrogens with one attached hydrogen (secondary N) is 1. The first-order chi connectivity index (χ1) is 11.2. The van der Waals surface area contributed by atoms with Crippen molar-refractivity contribution in [2.75, 3.05) is 23.3 Å². The maximum absolute atomic E-state index is 10.9. The molecule has 0 saturated carbocycles. The normalized spacial score (nSPS) is 15.5. The number of rotatable bonds is 4. The third-order valence-electron chi connectivity index (χ3n) is 4.19. The second-order valence-electron chi connectivity index (χ2n) is 5.79. The number of aromatic nitrogens is 2. The zero-order valence-electron chi connectivity index (χ0n) is 13.0. The first-order valence-corrected chi connectivity index (χ1v) is 8.08. The van der Waals surface area contributed by atoms with Crippen molar-refractivity contribution in [3.05, 3.63) is 46.7 Å². The van der Waals surface area contributed by atoms with Crippen LogP contribution < -0.4 is 10.2 Å². The standard InChI is InChI=1S/C17H19ClN4O/c1-12-8-16(3-2-13(12)11-23)22-6-4-15(5-7-22)21-17-19-9-14(18)10-20-17/h2-3,8-11,15H,4-7H2,1H3,(H,19,20,21). The van der Waals surface area contributed by atoms with Crippen molar-refractivity contribution >= 4 is 29.5 Å². The van der Waals surface area contributed by atoms with E-state index in [0.29, 0.717) is 17.0 Å². The lowest BCUT2D eigenvalue weighted by molar-refractivity contribution is 0.112. The molecule has 0 unspecified atom stereocenters. The lowest BCUT2D eigenvalue weighted by Gasteiger charge is -2.34. The summed E-state index contributed by atoms with van der Waals surface area (Å²) in [5.41, 5.74) is 2.95. The van der Waals surface area contributed by atoms with Crippen molar-refractivity contribution in [2.24, 2.45) is 0 Å². The SMILES string of the molecule is Cc1cc(N2CCC(Nc3ncc(Cl)cn3)CC2)ccc1C=O. The topological polar surface area (TPSA) is 58.1 Å². The zero-order chi connectivity index (χ0) is 16.2. The molecule has 2 heterocycles. The van der Waals surface area contributed by atoms with E-state index >= 15 is 0 Å². The van der Waals surface area contributed by atoms with Crippen LogP contribution in [0, 0.1) is 6.92 Å². The van der Waals surface area contributed by atoms with Crippen molar-refractivity contribution in [1.82, 2.24) is 9.97 Å². The number of hydrogen-bond donors (Lipinski definition) is 1. The largest absolute Gasteiger partial charge is 0.371 e. The molecule has 0 amide bonds. The molecule has 3 rings (SSSR count). The second-order valence-corrected chi connectivity index (χ2v) is 6.23. The number of carbonyl (C=O) groups is 1. The Morgan fingerprint density at radius 3 is 2.57 bits per heavy atom. The quantitative estimate of drug-likeness (QED) is 0.871. The monoisotopic (exact) mass is 330 g/mol. The summed E-state index contributed by atoms with van der Waals surface area (Å²) in [5.74, 6) is 0.624. The van der Waals surface area contributed by atoms with Gasteiger partial charge in [-0.3, -0.25) is 4.79 Å². The number of halogens is 1. The maximum atomic E-state index is 10.9. The van der Waals surface area contributed by atoms with Gasteiger partial charge in [-0.2, -0.15) is 0 Å². The van der Waals surface area contributed by atoms with E-state index in [9.17, 15) is 4.79 Å². The van der Waals surface area contributed by atoms with Crippen molar-refractivity contribution in [3.8, 4) is 0 Å². The third kappa shape index (κ3) is 3.79. The molecule has 1 aromatic carbocycles. The number of carbonyl (C=O) groups excluding carboxylic acids is 1. The average molecular weight is 331 g/mol. The molecule has 23 heavy (non-hydrogen) atoms. The molecule has 120 valence electrons. The molecule has 5 nitrogen and oxygen atoms in total. The summed E-state index contributed by atoms with van der Waals surface area (Å²) in [6.07, 6.45) is 6.13. The molecule has 0 bridgehead atoms. The van der Waals surface area contributed by atoms with Crippen LogP contribution in [0.25, 0.3) is 0 Å². The Morgan fingerprint density at radius 2 is 1.96 bits per heavy atom. The smallest absolute Gasteiger partial charge is 0.222 e. The van der Waals surface area contributed by atoms with Gasteiger partial charge in [-0.15, -0.1) is 0 Å². The number of aryl methyl sites for hydroxylation is 1. The highest BCUT2D eigenvalue weighted by atomic mass is 35.5. The van der Waals surface area contributed by atoms with E-state index in [0.717, 1.165) is 43.3 Å². The predicted molar refractivity (Wildman–Crippen MR) is 92.5 cm³/mol. The number of hydrogen-bond acceptors (Lipinski definition) is 5. The van der Waals surface area contributed by atoms with Crippen LogP contribution in [0.5, 0.6) is 0 Å². The van der Waals surface area contributed by atoms with Crippen LogP contribution in [-0.4, -0.2) is 35.4 Å². The van der Waals surface area contributed by atoms with Crippen LogP contribution in [0.4, 0.5) is 11.6 Å². The minimum Gasteiger partial charge on any atom is -0.371 e. The molecule has 1 aromatic heterocycles. The number of nitrogens with zero attached hydrogens (tertiary/aromatic N) is 3. The molecular formula is C17H19ClN4O. The minimum atomic E-state index is 0.364. The molecule has 1 aliphatic rings. The van der Waals surface area contributed by atoms with Gasteiger partial charge in [0.25, 0.3) is 0 Å². The van der Waals surface area contributed by atoms with E-state index in [1.807, 2.05) is 19.1 Å². The van der Waals surface area contributed by atoms with Gasteiger partial charge in [-0.1, -0.05) is 11.6 Å². The lowest BCUT2D eigenvalue weighted by Crippen LogP contribution is -2.39. The fraction of sp³-hybridized carbons (Fsp3) is 0.353. The van der Waals surface area contributed by atoms with Crippen molar-refractivity contribution in [2.45, 2.75) is 25.8 Å². The van der Waals surface area contributed by atoms with Gasteiger partial charge in [0.1, 0.15) is 6.29 Å². The summed E-state index contributed by atoms with van der Waals surface area (Å²) >= 11 is 5.79. The van der Waals surface area contributed by atoms with E-state index in [1.165, 1.54) is 5.69 Å². The maximum Gasteiger partial charge on any atom is 0.222 e. The number of benzene rings is 1. The molecule has 0 atom stereocenters. The first kappa shape index (κ1) is 15.7. The van der Waals surface area contributed by atoms with Crippen LogP contribution in [0.15, 0.2) is 30.6 Å². The van der Waals surface area contributed by atoms with Gasteiger partial charge < -0.3 is 10.2 Å². The Hall–Kier alpha value is -2.14. The van der Waals surface area contributed by atoms with Gasteiger partial charge in [-0.25, -0.2) is 9.97 Å². The summed E-state index contributed by atoms with van der Waals surface area (Å²) in [6, 6.07) is 6.36. The fourth-order valence-corrected chi connectivity index (χ4v) is 2.94. The van der Waals surface area contributed by atoms with Gasteiger partial charge in [0.15, 0.2) is 0 Å². The lowest BCUT2D eigenvalue weighted by atomic mass is 10.0. The highest BCUT2D eigenvalue weighted by Gasteiger charge is 2.20. The van der Waals surface area contributed by atoms with Gasteiger partial charge in [-0.05, 0) is 43.5 Å². The van der Waals surface area contributed by atoms with Gasteiger partial charge in [0.2, 0.25) is 5.95 Å². The van der Waals surface area contributed by atoms with Gasteiger partial charge in [0.05, 0.1) is 17.4 Å². The van der Waals surface area contributed by atoms with Crippen LogP contribution in [0.3, 0.4) is 0 Å². The van der Waals surface area contributed by atoms with Crippen molar-refractivity contribution in [3.63, 3.8) is 0 Å². The number of piperidine rings is 1. The van der Waals surface area contributed by atoms with E-state index in [2.05, 4.69) is 26.3 Å². The van der Waals surface area contributed by atoms with Crippen LogP contribution in [0.1, 0.15) is 28.8 Å². The molecule has 2 aromatic rings. The van der Waals surface area contributed by atoms with Crippen LogP contribution in [0.2, 0.25) is 5.02 Å². The van der Waals surface area contributed by atoms with E-state index in [-0.39, 0.29) is 0 Å². The minimum absolute atomic E-state index is 0.364. The molecule has 0 radical (unpaired) electrons.